The number of benzodiazepines with no additional fused rings is 1. The standard InChI is InChI=1S/C25H20Cl2FN5O5/c1-2-37-18-8-12(26)7-16(27)20(18)21-14-5-3-4-6-17(14)31-24(36)22(32-21)33-23(35)15-9-13(28)10-30-25(15)38-11-19(29)34/h3-10,22H,2,11H2,1H3,(H2,29,34)(H,31,36)(H,33,35). The van der Waals surface area contributed by atoms with Gasteiger partial charge >= 0.3 is 0 Å². The number of aliphatic imine (C=N–C) groups is 1. The molecule has 2 heterocycles. The average molecular weight is 560 g/mol. The lowest BCUT2D eigenvalue weighted by atomic mass is 9.99. The van der Waals surface area contributed by atoms with Gasteiger partial charge in [0, 0.05) is 10.6 Å². The van der Waals surface area contributed by atoms with Crippen molar-refractivity contribution in [3.05, 3.63) is 81.2 Å². The molecular weight excluding hydrogens is 540 g/mol. The van der Waals surface area contributed by atoms with Gasteiger partial charge in [0.1, 0.15) is 17.1 Å². The summed E-state index contributed by atoms with van der Waals surface area (Å²) in [7, 11) is 0. The van der Waals surface area contributed by atoms with Gasteiger partial charge in [-0.25, -0.2) is 14.4 Å². The molecule has 13 heteroatoms. The number of carbonyl (C=O) groups is 3. The highest BCUT2D eigenvalue weighted by Crippen LogP contribution is 2.36. The molecule has 1 aromatic heterocycles. The Hall–Kier alpha value is -4.22. The van der Waals surface area contributed by atoms with Gasteiger partial charge in [0.05, 0.1) is 34.8 Å². The first-order valence-electron chi connectivity index (χ1n) is 11.2. The SMILES string of the molecule is CCOc1cc(Cl)cc(Cl)c1C1=NC(NC(=O)c2cc(F)cnc2OCC(N)=O)C(=O)Nc2ccccc21. The van der Waals surface area contributed by atoms with Gasteiger partial charge in [0.25, 0.3) is 17.7 Å². The van der Waals surface area contributed by atoms with Crippen molar-refractivity contribution in [3.8, 4) is 11.6 Å². The van der Waals surface area contributed by atoms with Gasteiger partial charge in [-0.1, -0.05) is 41.4 Å². The zero-order chi connectivity index (χ0) is 27.4. The lowest BCUT2D eigenvalue weighted by Crippen LogP contribution is -2.42. The van der Waals surface area contributed by atoms with Gasteiger partial charge in [-0.05, 0) is 31.2 Å². The number of amides is 3. The Morgan fingerprint density at radius 1 is 1.18 bits per heavy atom. The van der Waals surface area contributed by atoms with Crippen LogP contribution in [0, 0.1) is 5.82 Å². The number of nitrogens with two attached hydrogens (primary N) is 1. The zero-order valence-corrected chi connectivity index (χ0v) is 21.3. The van der Waals surface area contributed by atoms with Crippen molar-refractivity contribution in [3.63, 3.8) is 0 Å². The van der Waals surface area contributed by atoms with Crippen molar-refractivity contribution in [2.24, 2.45) is 10.7 Å². The summed E-state index contributed by atoms with van der Waals surface area (Å²) in [5.41, 5.74) is 6.19. The predicted octanol–water partition coefficient (Wildman–Crippen LogP) is 3.34. The first-order chi connectivity index (χ1) is 18.2. The molecule has 4 N–H and O–H groups in total. The van der Waals surface area contributed by atoms with Crippen LogP contribution >= 0.6 is 23.2 Å². The minimum Gasteiger partial charge on any atom is -0.493 e. The number of rotatable bonds is 8. The molecular formula is C25H20Cl2FN5O5. The zero-order valence-electron chi connectivity index (χ0n) is 19.8. The van der Waals surface area contributed by atoms with E-state index in [1.165, 1.54) is 6.07 Å². The number of carbonyl (C=O) groups excluding carboxylic acids is 3. The van der Waals surface area contributed by atoms with E-state index in [9.17, 15) is 18.8 Å². The molecule has 196 valence electrons. The van der Waals surface area contributed by atoms with Gasteiger partial charge in [0.2, 0.25) is 12.0 Å². The molecule has 0 saturated heterocycles. The number of anilines is 1. The molecule has 0 spiro atoms. The average Bonchev–Trinajstić information content (AvgIpc) is 2.99. The highest BCUT2D eigenvalue weighted by Gasteiger charge is 2.30. The Morgan fingerprint density at radius 3 is 2.68 bits per heavy atom. The van der Waals surface area contributed by atoms with E-state index in [0.29, 0.717) is 27.6 Å². The van der Waals surface area contributed by atoms with E-state index >= 15 is 0 Å². The second-order valence-electron chi connectivity index (χ2n) is 7.84. The summed E-state index contributed by atoms with van der Waals surface area (Å²) >= 11 is 12.8. The first-order valence-corrected chi connectivity index (χ1v) is 11.9. The van der Waals surface area contributed by atoms with Gasteiger partial charge in [-0.2, -0.15) is 0 Å². The Morgan fingerprint density at radius 2 is 1.95 bits per heavy atom. The van der Waals surface area contributed by atoms with Crippen LogP contribution in [0.2, 0.25) is 10.0 Å². The number of halogens is 3. The van der Waals surface area contributed by atoms with Crippen LogP contribution in [0.5, 0.6) is 11.6 Å². The quantitative estimate of drug-likeness (QED) is 0.386. The van der Waals surface area contributed by atoms with Crippen LogP contribution in [0.3, 0.4) is 0 Å². The predicted molar refractivity (Wildman–Crippen MR) is 138 cm³/mol. The van der Waals surface area contributed by atoms with Gasteiger partial charge in [-0.3, -0.25) is 14.4 Å². The number of para-hydroxylation sites is 1. The van der Waals surface area contributed by atoms with Crippen LogP contribution in [0.1, 0.15) is 28.4 Å². The summed E-state index contributed by atoms with van der Waals surface area (Å²) in [6.07, 6.45) is -0.700. The second-order valence-corrected chi connectivity index (χ2v) is 8.69. The Labute approximate surface area is 225 Å². The third-order valence-corrected chi connectivity index (χ3v) is 5.70. The molecule has 0 aliphatic carbocycles. The molecule has 2 aromatic carbocycles. The minimum atomic E-state index is -1.50. The van der Waals surface area contributed by atoms with E-state index < -0.39 is 36.3 Å². The third-order valence-electron chi connectivity index (χ3n) is 5.18. The van der Waals surface area contributed by atoms with Crippen molar-refractivity contribution in [2.75, 3.05) is 18.5 Å². The molecule has 3 aromatic rings. The highest BCUT2D eigenvalue weighted by molar-refractivity contribution is 6.39. The number of nitrogens with one attached hydrogen (secondary N) is 2. The molecule has 10 nitrogen and oxygen atoms in total. The van der Waals surface area contributed by atoms with Crippen molar-refractivity contribution >= 4 is 52.3 Å². The molecule has 1 aliphatic heterocycles. The smallest absolute Gasteiger partial charge is 0.269 e. The fourth-order valence-corrected chi connectivity index (χ4v) is 4.21. The van der Waals surface area contributed by atoms with Gasteiger partial charge in [0.15, 0.2) is 6.61 Å². The number of primary amides is 1. The summed E-state index contributed by atoms with van der Waals surface area (Å²) in [4.78, 5) is 45.6. The van der Waals surface area contributed by atoms with Crippen molar-refractivity contribution in [1.29, 1.82) is 0 Å². The van der Waals surface area contributed by atoms with Crippen LogP contribution in [0.15, 0.2) is 53.7 Å². The summed E-state index contributed by atoms with van der Waals surface area (Å²) in [6, 6.07) is 10.7. The topological polar surface area (TPSA) is 145 Å². The summed E-state index contributed by atoms with van der Waals surface area (Å²) in [5.74, 6) is -3.36. The molecule has 1 unspecified atom stereocenters. The Balaban J connectivity index is 1.80. The molecule has 1 atom stereocenters. The maximum absolute atomic E-state index is 13.9. The summed E-state index contributed by atoms with van der Waals surface area (Å²) < 4.78 is 24.8. The lowest BCUT2D eigenvalue weighted by molar-refractivity contribution is -0.120. The number of ether oxygens (including phenoxy) is 2. The molecule has 38 heavy (non-hydrogen) atoms. The monoisotopic (exact) mass is 559 g/mol. The van der Waals surface area contributed by atoms with E-state index in [1.807, 2.05) is 0 Å². The molecule has 0 saturated carbocycles. The van der Waals surface area contributed by atoms with Crippen LogP contribution in [-0.4, -0.2) is 47.8 Å². The largest absolute Gasteiger partial charge is 0.493 e. The molecule has 0 bridgehead atoms. The fraction of sp³-hybridized carbons (Fsp3) is 0.160. The number of benzene rings is 2. The Bertz CT molecular complexity index is 1470. The van der Waals surface area contributed by atoms with E-state index in [-0.39, 0.29) is 28.8 Å². The third kappa shape index (κ3) is 5.84. The fourth-order valence-electron chi connectivity index (χ4n) is 3.65. The Kier molecular flexibility index (Phi) is 8.08. The maximum atomic E-state index is 13.9. The van der Waals surface area contributed by atoms with Crippen LogP contribution in [0.25, 0.3) is 0 Å². The van der Waals surface area contributed by atoms with Gasteiger partial charge in [-0.15, -0.1) is 0 Å². The number of pyridine rings is 1. The van der Waals surface area contributed by atoms with E-state index in [4.69, 9.17) is 38.4 Å². The summed E-state index contributed by atoms with van der Waals surface area (Å²) in [5, 5.41) is 5.69. The molecule has 0 fully saturated rings. The normalized spacial score (nSPS) is 14.5. The lowest BCUT2D eigenvalue weighted by Gasteiger charge is -2.17. The number of hydrogen-bond acceptors (Lipinski definition) is 7. The highest BCUT2D eigenvalue weighted by atomic mass is 35.5. The number of fused-ring (bicyclic) bond motifs is 1. The summed E-state index contributed by atoms with van der Waals surface area (Å²) in [6.45, 7) is 1.47. The van der Waals surface area contributed by atoms with Crippen LogP contribution in [0.4, 0.5) is 10.1 Å². The maximum Gasteiger partial charge on any atom is 0.269 e. The van der Waals surface area contributed by atoms with E-state index in [1.54, 1.807) is 37.3 Å². The van der Waals surface area contributed by atoms with E-state index in [0.717, 1.165) is 12.3 Å². The molecule has 4 rings (SSSR count). The minimum absolute atomic E-state index is 0.199. The van der Waals surface area contributed by atoms with Crippen LogP contribution in [-0.2, 0) is 9.59 Å². The van der Waals surface area contributed by atoms with Crippen molar-refractivity contribution < 1.29 is 28.2 Å². The number of hydrogen-bond donors (Lipinski definition) is 3. The molecule has 1 aliphatic rings. The molecule has 0 radical (unpaired) electrons. The molecule has 3 amide bonds. The number of aromatic nitrogens is 1. The first kappa shape index (κ1) is 26.8. The second kappa shape index (κ2) is 11.4. The van der Waals surface area contributed by atoms with Gasteiger partial charge < -0.3 is 25.8 Å². The van der Waals surface area contributed by atoms with Crippen LogP contribution < -0.4 is 25.8 Å². The number of nitrogens with zero attached hydrogens (tertiary/aromatic N) is 2. The van der Waals surface area contributed by atoms with E-state index in [2.05, 4.69) is 20.6 Å². The van der Waals surface area contributed by atoms with Crippen molar-refractivity contribution in [1.82, 2.24) is 10.3 Å². The van der Waals surface area contributed by atoms with Crippen molar-refractivity contribution in [2.45, 2.75) is 13.1 Å².